The van der Waals surface area contributed by atoms with Gasteiger partial charge in [-0.1, -0.05) is 41.4 Å². The molecule has 1 amide bonds. The van der Waals surface area contributed by atoms with E-state index in [1.54, 1.807) is 0 Å². The van der Waals surface area contributed by atoms with Crippen molar-refractivity contribution in [3.05, 3.63) is 47.9 Å². The Morgan fingerprint density at radius 3 is 2.63 bits per heavy atom. The molecular weight excluding hydrogens is 382 g/mol. The van der Waals surface area contributed by atoms with Gasteiger partial charge in [0.1, 0.15) is 0 Å². The molecule has 0 unspecified atom stereocenters. The number of aryl methyl sites for hydroxylation is 1. The molecule has 1 atom stereocenters. The van der Waals surface area contributed by atoms with Gasteiger partial charge < -0.3 is 13.9 Å². The topological polar surface area (TPSA) is 98.2 Å². The van der Waals surface area contributed by atoms with Crippen LogP contribution in [0.2, 0.25) is 0 Å². The fourth-order valence-corrected chi connectivity index (χ4v) is 3.98. The molecule has 0 N–H and O–H groups in total. The first-order valence-corrected chi connectivity index (χ1v) is 10.8. The summed E-state index contributed by atoms with van der Waals surface area (Å²) in [5.41, 5.74) is 0.880. The number of hydrogen-bond donors (Lipinski definition) is 0. The molecule has 2 aliphatic rings. The number of carbonyl (C=O) groups is 1. The van der Waals surface area contributed by atoms with E-state index in [-0.39, 0.29) is 11.9 Å². The van der Waals surface area contributed by atoms with Crippen molar-refractivity contribution in [3.8, 4) is 11.5 Å². The molecule has 2 fully saturated rings. The van der Waals surface area contributed by atoms with Gasteiger partial charge >= 0.3 is 0 Å². The summed E-state index contributed by atoms with van der Waals surface area (Å²) < 4.78 is 10.8. The van der Waals surface area contributed by atoms with Crippen molar-refractivity contribution in [1.82, 2.24) is 25.2 Å². The van der Waals surface area contributed by atoms with Gasteiger partial charge in [0.05, 0.1) is 6.04 Å². The predicted molar refractivity (Wildman–Crippen MR) is 107 cm³/mol. The second-order valence-electron chi connectivity index (χ2n) is 8.10. The first kappa shape index (κ1) is 19.0. The predicted octanol–water partition coefficient (Wildman–Crippen LogP) is 4.07. The molecule has 8 heteroatoms. The Morgan fingerprint density at radius 2 is 1.80 bits per heavy atom. The van der Waals surface area contributed by atoms with Crippen molar-refractivity contribution < 1.29 is 13.8 Å². The van der Waals surface area contributed by atoms with E-state index >= 15 is 0 Å². The molecule has 8 nitrogen and oxygen atoms in total. The molecule has 0 radical (unpaired) electrons. The minimum absolute atomic E-state index is 0.0686. The molecule has 3 heterocycles. The van der Waals surface area contributed by atoms with Gasteiger partial charge in [-0.3, -0.25) is 4.79 Å². The minimum atomic E-state index is -0.161. The van der Waals surface area contributed by atoms with Crippen LogP contribution < -0.4 is 0 Å². The van der Waals surface area contributed by atoms with Crippen LogP contribution in [0.1, 0.15) is 74.4 Å². The Bertz CT molecular complexity index is 995. The summed E-state index contributed by atoms with van der Waals surface area (Å²) >= 11 is 0. The van der Waals surface area contributed by atoms with E-state index < -0.39 is 0 Å². The van der Waals surface area contributed by atoms with Gasteiger partial charge in [0.2, 0.25) is 11.8 Å². The van der Waals surface area contributed by atoms with Crippen molar-refractivity contribution in [1.29, 1.82) is 0 Å². The van der Waals surface area contributed by atoms with Crippen LogP contribution in [0.25, 0.3) is 11.5 Å². The maximum absolute atomic E-state index is 13.1. The van der Waals surface area contributed by atoms with Crippen LogP contribution in [-0.2, 0) is 11.2 Å². The lowest BCUT2D eigenvalue weighted by atomic mass is 10.1. The third-order valence-corrected chi connectivity index (χ3v) is 5.81. The Labute approximate surface area is 174 Å². The molecule has 2 aromatic heterocycles. The summed E-state index contributed by atoms with van der Waals surface area (Å²) in [5, 5.41) is 8.25. The molecular formula is C22H25N5O3. The minimum Gasteiger partial charge on any atom is -0.339 e. The molecule has 3 aromatic rings. The summed E-state index contributed by atoms with van der Waals surface area (Å²) in [5.74, 6) is 2.91. The third kappa shape index (κ3) is 4.13. The van der Waals surface area contributed by atoms with Crippen LogP contribution in [0.15, 0.2) is 39.4 Å². The quantitative estimate of drug-likeness (QED) is 0.607. The van der Waals surface area contributed by atoms with Gasteiger partial charge in [0.25, 0.3) is 5.89 Å². The van der Waals surface area contributed by atoms with Crippen molar-refractivity contribution in [2.75, 3.05) is 6.54 Å². The fraction of sp³-hybridized carbons (Fsp3) is 0.500. The Hall–Kier alpha value is -3.03. The van der Waals surface area contributed by atoms with Crippen LogP contribution in [0.5, 0.6) is 0 Å². The summed E-state index contributed by atoms with van der Waals surface area (Å²) in [6.07, 6.45) is 7.02. The van der Waals surface area contributed by atoms with E-state index in [4.69, 9.17) is 9.05 Å². The molecule has 1 aliphatic heterocycles. The van der Waals surface area contributed by atoms with E-state index in [1.807, 2.05) is 35.2 Å². The first-order valence-electron chi connectivity index (χ1n) is 10.8. The van der Waals surface area contributed by atoms with E-state index in [0.29, 0.717) is 42.9 Å². The van der Waals surface area contributed by atoms with Gasteiger partial charge in [-0.05, 0) is 37.8 Å². The Balaban J connectivity index is 1.29. The first-order chi connectivity index (χ1) is 14.8. The largest absolute Gasteiger partial charge is 0.339 e. The van der Waals surface area contributed by atoms with Crippen molar-refractivity contribution in [3.63, 3.8) is 0 Å². The fourth-order valence-electron chi connectivity index (χ4n) is 3.98. The average molecular weight is 407 g/mol. The monoisotopic (exact) mass is 407 g/mol. The average Bonchev–Trinajstić information content (AvgIpc) is 3.41. The third-order valence-electron chi connectivity index (χ3n) is 5.81. The second-order valence-corrected chi connectivity index (χ2v) is 8.10. The zero-order chi connectivity index (χ0) is 20.3. The zero-order valence-electron chi connectivity index (χ0n) is 16.9. The standard InChI is InChI=1S/C22H25N5O3/c28-19(13-12-18-23-20(25-29-18)15-10-11-15)27-14-6-2-5-9-17(27)21-24-22(30-26-21)16-7-3-1-4-8-16/h1,3-4,7-8,15,17H,2,5-6,9-14H2/t17-/m1/s1. The number of likely N-dealkylation sites (tertiary alicyclic amines) is 1. The van der Waals surface area contributed by atoms with Crippen LogP contribution in [0.4, 0.5) is 0 Å². The SMILES string of the molecule is O=C(CCc1nc(C2CC2)no1)N1CCCCC[C@@H]1c1noc(-c2ccccc2)n1. The van der Waals surface area contributed by atoms with Crippen LogP contribution in [0, 0.1) is 0 Å². The van der Waals surface area contributed by atoms with Gasteiger partial charge in [-0.15, -0.1) is 0 Å². The molecule has 5 rings (SSSR count). The number of carbonyl (C=O) groups excluding carboxylic acids is 1. The van der Waals surface area contributed by atoms with Gasteiger partial charge in [-0.25, -0.2) is 0 Å². The summed E-state index contributed by atoms with van der Waals surface area (Å²) in [7, 11) is 0. The highest BCUT2D eigenvalue weighted by Gasteiger charge is 2.31. The number of amides is 1. The number of hydrogen-bond acceptors (Lipinski definition) is 7. The summed E-state index contributed by atoms with van der Waals surface area (Å²) in [6, 6.07) is 9.54. The van der Waals surface area contributed by atoms with Crippen LogP contribution >= 0.6 is 0 Å². The number of rotatable bonds is 6. The lowest BCUT2D eigenvalue weighted by Gasteiger charge is -2.27. The molecule has 0 bridgehead atoms. The van der Waals surface area contributed by atoms with Crippen molar-refractivity contribution in [2.24, 2.45) is 0 Å². The van der Waals surface area contributed by atoms with E-state index in [1.165, 1.54) is 0 Å². The maximum atomic E-state index is 13.1. The van der Waals surface area contributed by atoms with E-state index in [9.17, 15) is 4.79 Å². The molecule has 1 aliphatic carbocycles. The molecule has 1 saturated heterocycles. The molecule has 1 saturated carbocycles. The maximum Gasteiger partial charge on any atom is 0.257 e. The van der Waals surface area contributed by atoms with Crippen molar-refractivity contribution in [2.45, 2.75) is 63.3 Å². The zero-order valence-corrected chi connectivity index (χ0v) is 16.9. The van der Waals surface area contributed by atoms with Crippen molar-refractivity contribution >= 4 is 5.91 Å². The van der Waals surface area contributed by atoms with Crippen LogP contribution in [0.3, 0.4) is 0 Å². The van der Waals surface area contributed by atoms with Gasteiger partial charge in [0.15, 0.2) is 11.6 Å². The highest BCUT2D eigenvalue weighted by molar-refractivity contribution is 5.76. The smallest absolute Gasteiger partial charge is 0.257 e. The molecule has 30 heavy (non-hydrogen) atoms. The van der Waals surface area contributed by atoms with Gasteiger partial charge in [-0.2, -0.15) is 9.97 Å². The van der Waals surface area contributed by atoms with Gasteiger partial charge in [0, 0.05) is 30.9 Å². The highest BCUT2D eigenvalue weighted by Crippen LogP contribution is 2.38. The Morgan fingerprint density at radius 1 is 0.967 bits per heavy atom. The number of nitrogens with zero attached hydrogens (tertiary/aromatic N) is 5. The lowest BCUT2D eigenvalue weighted by Crippen LogP contribution is -2.35. The normalized spacial score (nSPS) is 19.6. The Kier molecular flexibility index (Phi) is 5.29. The van der Waals surface area contributed by atoms with E-state index in [2.05, 4.69) is 20.3 Å². The number of benzene rings is 1. The molecule has 0 spiro atoms. The van der Waals surface area contributed by atoms with Crippen LogP contribution in [-0.4, -0.2) is 37.6 Å². The summed E-state index contributed by atoms with van der Waals surface area (Å²) in [6.45, 7) is 0.704. The second kappa shape index (κ2) is 8.38. The number of aromatic nitrogens is 4. The highest BCUT2D eigenvalue weighted by atomic mass is 16.5. The molecule has 1 aromatic carbocycles. The summed E-state index contributed by atoms with van der Waals surface area (Å²) in [4.78, 5) is 24.0. The lowest BCUT2D eigenvalue weighted by molar-refractivity contribution is -0.133. The molecule has 156 valence electrons. The van der Waals surface area contributed by atoms with E-state index in [0.717, 1.165) is 49.9 Å².